The first-order valence-electron chi connectivity index (χ1n) is 5.40. The molecular weight excluding hydrogens is 216 g/mol. The summed E-state index contributed by atoms with van der Waals surface area (Å²) >= 11 is 5.20. The molecule has 4 heteroatoms. The summed E-state index contributed by atoms with van der Waals surface area (Å²) < 4.78 is 5.04. The zero-order valence-electron chi connectivity index (χ0n) is 9.50. The van der Waals surface area contributed by atoms with Crippen molar-refractivity contribution in [1.29, 1.82) is 0 Å². The van der Waals surface area contributed by atoms with Gasteiger partial charge < -0.3 is 9.84 Å². The molecule has 0 aromatic rings. The summed E-state index contributed by atoms with van der Waals surface area (Å²) in [5, 5.41) is 9.95. The molecule has 1 fully saturated rings. The van der Waals surface area contributed by atoms with Gasteiger partial charge in [0, 0.05) is 18.0 Å². The van der Waals surface area contributed by atoms with E-state index in [4.69, 9.17) is 16.3 Å². The Labute approximate surface area is 95.8 Å². The Balaban J connectivity index is 2.60. The van der Waals surface area contributed by atoms with Crippen LogP contribution in [-0.2, 0) is 4.74 Å². The molecule has 0 heterocycles. The van der Waals surface area contributed by atoms with Crippen LogP contribution in [-0.4, -0.2) is 22.2 Å². The fourth-order valence-corrected chi connectivity index (χ4v) is 2.61. The summed E-state index contributed by atoms with van der Waals surface area (Å²) in [7, 11) is 0. The lowest BCUT2D eigenvalue weighted by Gasteiger charge is -2.40. The first-order chi connectivity index (χ1) is 6.84. The molecule has 1 aliphatic carbocycles. The number of halogens is 1. The zero-order valence-corrected chi connectivity index (χ0v) is 10.3. The van der Waals surface area contributed by atoms with Crippen LogP contribution in [0.15, 0.2) is 0 Å². The maximum Gasteiger partial charge on any atom is 0.404 e. The molecular formula is C11H19ClO3. The number of rotatable bonds is 2. The third kappa shape index (κ3) is 3.35. The number of carbonyl (C=O) groups excluding carboxylic acids is 1. The Kier molecular flexibility index (Phi) is 4.01. The highest BCUT2D eigenvalue weighted by molar-refractivity contribution is 6.61. The number of ether oxygens (including phenoxy) is 1. The van der Waals surface area contributed by atoms with Gasteiger partial charge in [-0.05, 0) is 31.6 Å². The van der Waals surface area contributed by atoms with Crippen molar-refractivity contribution in [2.75, 3.05) is 0 Å². The monoisotopic (exact) mass is 234 g/mol. The van der Waals surface area contributed by atoms with Crippen LogP contribution in [0.4, 0.5) is 4.79 Å². The highest BCUT2D eigenvalue weighted by Crippen LogP contribution is 2.38. The minimum atomic E-state index is -0.785. The molecule has 0 bridgehead atoms. The minimum absolute atomic E-state index is 0.298. The first-order valence-corrected chi connectivity index (χ1v) is 5.78. The third-order valence-electron chi connectivity index (χ3n) is 3.32. The molecule has 1 saturated carbocycles. The van der Waals surface area contributed by atoms with Crippen molar-refractivity contribution in [3.63, 3.8) is 0 Å². The van der Waals surface area contributed by atoms with Gasteiger partial charge in [0.05, 0.1) is 6.10 Å². The Hall–Kier alpha value is -0.280. The zero-order chi connectivity index (χ0) is 11.6. The van der Waals surface area contributed by atoms with Crippen molar-refractivity contribution in [2.24, 2.45) is 11.8 Å². The maximum atomic E-state index is 10.7. The molecule has 0 spiro atoms. The van der Waals surface area contributed by atoms with E-state index in [-0.39, 0.29) is 0 Å². The van der Waals surface area contributed by atoms with Gasteiger partial charge >= 0.3 is 5.43 Å². The fraction of sp³-hybridized carbons (Fsp3) is 0.909. The molecule has 1 N–H and O–H groups in total. The highest BCUT2D eigenvalue weighted by atomic mass is 35.5. The van der Waals surface area contributed by atoms with Gasteiger partial charge in [0.2, 0.25) is 0 Å². The standard InChI is InChI=1S/C11H19ClO3/c1-7(2)8-4-5-11(3,6-9(8)13)15-10(12)14/h7-9,13H,4-6H2,1-3H3. The average molecular weight is 235 g/mol. The Morgan fingerprint density at radius 2 is 2.20 bits per heavy atom. The fourth-order valence-electron chi connectivity index (χ4n) is 2.42. The van der Waals surface area contributed by atoms with E-state index in [1.165, 1.54) is 0 Å². The van der Waals surface area contributed by atoms with Crippen molar-refractivity contribution >= 4 is 17.0 Å². The predicted molar refractivity (Wildman–Crippen MR) is 58.9 cm³/mol. The molecule has 0 radical (unpaired) electrons. The number of aliphatic hydroxyl groups is 1. The van der Waals surface area contributed by atoms with Gasteiger partial charge in [-0.3, -0.25) is 0 Å². The van der Waals surface area contributed by atoms with E-state index in [2.05, 4.69) is 13.8 Å². The molecule has 15 heavy (non-hydrogen) atoms. The summed E-state index contributed by atoms with van der Waals surface area (Å²) in [5.74, 6) is 0.753. The van der Waals surface area contributed by atoms with Crippen LogP contribution in [0.5, 0.6) is 0 Å². The van der Waals surface area contributed by atoms with Crippen molar-refractivity contribution in [3.8, 4) is 0 Å². The number of carbonyl (C=O) groups is 1. The van der Waals surface area contributed by atoms with E-state index in [0.717, 1.165) is 12.8 Å². The first kappa shape index (κ1) is 12.8. The molecule has 1 rings (SSSR count). The van der Waals surface area contributed by atoms with E-state index in [1.807, 2.05) is 6.92 Å². The minimum Gasteiger partial charge on any atom is -0.447 e. The van der Waals surface area contributed by atoms with Gasteiger partial charge in [0.15, 0.2) is 0 Å². The van der Waals surface area contributed by atoms with Crippen LogP contribution in [0.3, 0.4) is 0 Å². The topological polar surface area (TPSA) is 46.5 Å². The van der Waals surface area contributed by atoms with Crippen molar-refractivity contribution in [2.45, 2.75) is 51.7 Å². The lowest BCUT2D eigenvalue weighted by molar-refractivity contribution is -0.0683. The SMILES string of the molecule is CC(C)C1CCC(C)(OC(=O)Cl)CC1O. The second kappa shape index (κ2) is 4.71. The van der Waals surface area contributed by atoms with Crippen LogP contribution < -0.4 is 0 Å². The van der Waals surface area contributed by atoms with Gasteiger partial charge in [-0.2, -0.15) is 0 Å². The molecule has 0 aromatic heterocycles. The number of hydrogen-bond donors (Lipinski definition) is 1. The van der Waals surface area contributed by atoms with Gasteiger partial charge in [-0.15, -0.1) is 0 Å². The molecule has 3 nitrogen and oxygen atoms in total. The smallest absolute Gasteiger partial charge is 0.404 e. The normalized spacial score (nSPS) is 36.7. The van der Waals surface area contributed by atoms with E-state index in [9.17, 15) is 9.90 Å². The summed E-state index contributed by atoms with van der Waals surface area (Å²) in [5.41, 5.74) is -1.38. The summed E-state index contributed by atoms with van der Waals surface area (Å²) in [6.45, 7) is 6.03. The average Bonchev–Trinajstić information content (AvgIpc) is 1.99. The largest absolute Gasteiger partial charge is 0.447 e. The van der Waals surface area contributed by atoms with Crippen LogP contribution in [0, 0.1) is 11.8 Å². The molecule has 1 aliphatic rings. The lowest BCUT2D eigenvalue weighted by atomic mass is 9.73. The summed E-state index contributed by atoms with van der Waals surface area (Å²) in [6, 6.07) is 0. The Morgan fingerprint density at radius 1 is 1.60 bits per heavy atom. The van der Waals surface area contributed by atoms with Gasteiger partial charge in [-0.25, -0.2) is 4.79 Å². The molecule has 88 valence electrons. The van der Waals surface area contributed by atoms with Gasteiger partial charge in [0.25, 0.3) is 0 Å². The summed E-state index contributed by atoms with van der Waals surface area (Å²) in [6.07, 6.45) is 1.72. The van der Waals surface area contributed by atoms with Crippen LogP contribution in [0.25, 0.3) is 0 Å². The molecule has 3 unspecified atom stereocenters. The van der Waals surface area contributed by atoms with E-state index in [1.54, 1.807) is 0 Å². The highest BCUT2D eigenvalue weighted by Gasteiger charge is 2.40. The lowest BCUT2D eigenvalue weighted by Crippen LogP contribution is -2.43. The molecule has 0 aromatic carbocycles. The van der Waals surface area contributed by atoms with Crippen molar-refractivity contribution < 1.29 is 14.6 Å². The summed E-state index contributed by atoms with van der Waals surface area (Å²) in [4.78, 5) is 10.7. The maximum absolute atomic E-state index is 10.7. The number of aliphatic hydroxyl groups excluding tert-OH is 1. The predicted octanol–water partition coefficient (Wildman–Crippen LogP) is 2.94. The molecule has 3 atom stereocenters. The van der Waals surface area contributed by atoms with Crippen LogP contribution in [0.2, 0.25) is 0 Å². The molecule has 0 aliphatic heterocycles. The van der Waals surface area contributed by atoms with E-state index < -0.39 is 17.1 Å². The van der Waals surface area contributed by atoms with Crippen molar-refractivity contribution in [3.05, 3.63) is 0 Å². The molecule has 0 amide bonds. The third-order valence-corrected chi connectivity index (χ3v) is 3.40. The Morgan fingerprint density at radius 3 is 2.60 bits per heavy atom. The Bertz CT molecular complexity index is 242. The van der Waals surface area contributed by atoms with E-state index in [0.29, 0.717) is 18.3 Å². The van der Waals surface area contributed by atoms with E-state index >= 15 is 0 Å². The second-order valence-electron chi connectivity index (χ2n) is 5.01. The molecule has 0 saturated heterocycles. The van der Waals surface area contributed by atoms with Crippen LogP contribution in [0.1, 0.15) is 40.0 Å². The second-order valence-corrected chi connectivity index (χ2v) is 5.32. The van der Waals surface area contributed by atoms with Gasteiger partial charge in [-0.1, -0.05) is 13.8 Å². The van der Waals surface area contributed by atoms with Gasteiger partial charge in [0.1, 0.15) is 5.60 Å². The van der Waals surface area contributed by atoms with Crippen molar-refractivity contribution in [1.82, 2.24) is 0 Å². The quantitative estimate of drug-likeness (QED) is 0.748. The van der Waals surface area contributed by atoms with Crippen LogP contribution >= 0.6 is 11.6 Å². The number of hydrogen-bond acceptors (Lipinski definition) is 3.